The number of benzene rings is 2. The molecule has 0 aliphatic heterocycles. The van der Waals surface area contributed by atoms with Crippen molar-refractivity contribution in [3.8, 4) is 11.5 Å². The lowest BCUT2D eigenvalue weighted by Crippen LogP contribution is -2.38. The Morgan fingerprint density at radius 3 is 2.71 bits per heavy atom. The fourth-order valence-corrected chi connectivity index (χ4v) is 2.98. The molecule has 1 aromatic heterocycles. The van der Waals surface area contributed by atoms with Crippen molar-refractivity contribution in [1.82, 2.24) is 10.9 Å². The summed E-state index contributed by atoms with van der Waals surface area (Å²) in [7, 11) is 1.56. The van der Waals surface area contributed by atoms with E-state index in [9.17, 15) is 0 Å². The van der Waals surface area contributed by atoms with Gasteiger partial charge >= 0.3 is 0 Å². The predicted molar refractivity (Wildman–Crippen MR) is 117 cm³/mol. The number of hydrazine groups is 1. The largest absolute Gasteiger partial charge is 0.495 e. The van der Waals surface area contributed by atoms with Crippen LogP contribution in [0.2, 0.25) is 5.02 Å². The highest BCUT2D eigenvalue weighted by molar-refractivity contribution is 7.80. The van der Waals surface area contributed by atoms with Gasteiger partial charge in [-0.05, 0) is 49.5 Å². The minimum atomic E-state index is 0.341. The van der Waals surface area contributed by atoms with Crippen LogP contribution in [0.3, 0.4) is 0 Å². The summed E-state index contributed by atoms with van der Waals surface area (Å²) >= 11 is 11.4. The van der Waals surface area contributed by atoms with Gasteiger partial charge in [-0.2, -0.15) is 0 Å². The number of hydrogen-bond acceptors (Lipinski definition) is 5. The molecule has 0 amide bonds. The van der Waals surface area contributed by atoms with E-state index in [4.69, 9.17) is 37.7 Å². The molecule has 2 aromatic carbocycles. The summed E-state index contributed by atoms with van der Waals surface area (Å²) in [6, 6.07) is 12.9. The molecule has 0 fully saturated rings. The van der Waals surface area contributed by atoms with Gasteiger partial charge in [0.1, 0.15) is 5.75 Å². The highest BCUT2D eigenvalue weighted by Gasteiger charge is 2.11. The molecule has 8 heteroatoms. The number of nitrogens with one attached hydrogen (secondary N) is 3. The standard InChI is InChI=1S/C20H20ClN3O3S/c1-4-26-17-7-5-6-13-10-18(27-19(13)17)12(2)23-24-20(28)22-14-8-9-16(25-3)15(21)11-14/h5-11,23H,2,4H2,1,3H3,(H2,22,24,28). The zero-order chi connectivity index (χ0) is 20.1. The normalized spacial score (nSPS) is 10.4. The topological polar surface area (TPSA) is 67.7 Å². The lowest BCUT2D eigenvalue weighted by Gasteiger charge is -2.13. The molecule has 6 nitrogen and oxygen atoms in total. The molecule has 0 unspecified atom stereocenters. The van der Waals surface area contributed by atoms with Gasteiger partial charge in [-0.15, -0.1) is 0 Å². The first-order valence-corrected chi connectivity index (χ1v) is 9.31. The molecule has 0 bridgehead atoms. The smallest absolute Gasteiger partial charge is 0.189 e. The summed E-state index contributed by atoms with van der Waals surface area (Å²) < 4.78 is 16.6. The fraction of sp³-hybridized carbons (Fsp3) is 0.150. The minimum Gasteiger partial charge on any atom is -0.495 e. The molecule has 0 aliphatic carbocycles. The van der Waals surface area contributed by atoms with E-state index in [1.807, 2.05) is 37.3 Å². The van der Waals surface area contributed by atoms with Crippen LogP contribution in [0.25, 0.3) is 16.7 Å². The summed E-state index contributed by atoms with van der Waals surface area (Å²) in [5, 5.41) is 4.78. The van der Waals surface area contributed by atoms with Crippen molar-refractivity contribution in [1.29, 1.82) is 0 Å². The number of hydrogen-bond donors (Lipinski definition) is 3. The Kier molecular flexibility index (Phi) is 6.28. The van der Waals surface area contributed by atoms with E-state index >= 15 is 0 Å². The van der Waals surface area contributed by atoms with E-state index in [2.05, 4.69) is 22.7 Å². The molecule has 3 N–H and O–H groups in total. The van der Waals surface area contributed by atoms with Crippen molar-refractivity contribution in [2.24, 2.45) is 0 Å². The maximum Gasteiger partial charge on any atom is 0.189 e. The molecule has 0 aliphatic rings. The molecule has 0 spiro atoms. The van der Waals surface area contributed by atoms with Crippen LogP contribution in [0.1, 0.15) is 12.7 Å². The van der Waals surface area contributed by atoms with Gasteiger partial charge in [-0.25, -0.2) is 0 Å². The highest BCUT2D eigenvalue weighted by atomic mass is 35.5. The number of thiocarbonyl (C=S) groups is 1. The Labute approximate surface area is 173 Å². The maximum absolute atomic E-state index is 6.11. The van der Waals surface area contributed by atoms with E-state index in [1.165, 1.54) is 0 Å². The molecule has 0 saturated heterocycles. The Morgan fingerprint density at radius 1 is 1.18 bits per heavy atom. The summed E-state index contributed by atoms with van der Waals surface area (Å²) in [6.07, 6.45) is 0. The van der Waals surface area contributed by atoms with Crippen LogP contribution in [0, 0.1) is 0 Å². The van der Waals surface area contributed by atoms with Crippen molar-refractivity contribution in [3.63, 3.8) is 0 Å². The second-order valence-electron chi connectivity index (χ2n) is 5.75. The summed E-state index contributed by atoms with van der Waals surface area (Å²) in [5.74, 6) is 1.86. The van der Waals surface area contributed by atoms with Crippen LogP contribution in [0.5, 0.6) is 11.5 Å². The number of anilines is 1. The van der Waals surface area contributed by atoms with Crippen molar-refractivity contribution < 1.29 is 13.9 Å². The third-order valence-corrected chi connectivity index (χ3v) is 4.34. The van der Waals surface area contributed by atoms with Crippen LogP contribution in [-0.4, -0.2) is 18.8 Å². The van der Waals surface area contributed by atoms with Gasteiger partial charge < -0.3 is 19.2 Å². The average molecular weight is 418 g/mol. The summed E-state index contributed by atoms with van der Waals surface area (Å²) in [4.78, 5) is 0. The molecule has 146 valence electrons. The quantitative estimate of drug-likeness (QED) is 0.371. The number of ether oxygens (including phenoxy) is 2. The molecule has 0 radical (unpaired) electrons. The lowest BCUT2D eigenvalue weighted by molar-refractivity contribution is 0.338. The SMILES string of the molecule is C=C(NNC(=S)Nc1ccc(OC)c(Cl)c1)c1cc2cccc(OCC)c2o1. The van der Waals surface area contributed by atoms with E-state index in [1.54, 1.807) is 19.2 Å². The fourth-order valence-electron chi connectivity index (χ4n) is 2.55. The first-order chi connectivity index (χ1) is 13.5. The number of halogens is 1. The number of para-hydroxylation sites is 1. The Hall–Kier alpha value is -2.90. The molecular weight excluding hydrogens is 398 g/mol. The van der Waals surface area contributed by atoms with Crippen LogP contribution in [0.4, 0.5) is 5.69 Å². The van der Waals surface area contributed by atoms with E-state index in [0.29, 0.717) is 45.3 Å². The zero-order valence-corrected chi connectivity index (χ0v) is 17.0. The van der Waals surface area contributed by atoms with Crippen LogP contribution < -0.4 is 25.6 Å². The van der Waals surface area contributed by atoms with Gasteiger partial charge in [0, 0.05) is 11.1 Å². The second-order valence-corrected chi connectivity index (χ2v) is 6.57. The average Bonchev–Trinajstić information content (AvgIpc) is 3.12. The molecule has 3 aromatic rings. The van der Waals surface area contributed by atoms with Crippen LogP contribution >= 0.6 is 23.8 Å². The summed E-state index contributed by atoms with van der Waals surface area (Å²) in [6.45, 7) is 6.47. The van der Waals surface area contributed by atoms with E-state index in [0.717, 1.165) is 11.1 Å². The third kappa shape index (κ3) is 4.49. The molecule has 3 rings (SSSR count). The van der Waals surface area contributed by atoms with Crippen molar-refractivity contribution in [3.05, 3.63) is 59.8 Å². The van der Waals surface area contributed by atoms with Crippen LogP contribution in [-0.2, 0) is 0 Å². The second kappa shape index (κ2) is 8.86. The highest BCUT2D eigenvalue weighted by Crippen LogP contribution is 2.30. The van der Waals surface area contributed by atoms with Crippen LogP contribution in [0.15, 0.2) is 53.5 Å². The van der Waals surface area contributed by atoms with Crippen molar-refractivity contribution in [2.45, 2.75) is 6.92 Å². The van der Waals surface area contributed by atoms with Crippen molar-refractivity contribution >= 4 is 51.3 Å². The third-order valence-electron chi connectivity index (χ3n) is 3.84. The first kappa shape index (κ1) is 19.9. The van der Waals surface area contributed by atoms with Gasteiger partial charge in [0.15, 0.2) is 22.2 Å². The molecular formula is C20H20ClN3O3S. The lowest BCUT2D eigenvalue weighted by atomic mass is 10.2. The van der Waals surface area contributed by atoms with Crippen molar-refractivity contribution in [2.75, 3.05) is 19.0 Å². The van der Waals surface area contributed by atoms with Gasteiger partial charge in [0.25, 0.3) is 0 Å². The Bertz CT molecular complexity index is 1020. The van der Waals surface area contributed by atoms with Gasteiger partial charge in [-0.3, -0.25) is 10.9 Å². The summed E-state index contributed by atoms with van der Waals surface area (Å²) in [5.41, 5.74) is 7.72. The molecule has 1 heterocycles. The number of fused-ring (bicyclic) bond motifs is 1. The van der Waals surface area contributed by atoms with Gasteiger partial charge in [-0.1, -0.05) is 30.3 Å². The number of furan rings is 1. The monoisotopic (exact) mass is 417 g/mol. The Morgan fingerprint density at radius 2 is 2.00 bits per heavy atom. The van der Waals surface area contributed by atoms with Gasteiger partial charge in [0.05, 0.1) is 24.4 Å². The zero-order valence-electron chi connectivity index (χ0n) is 15.5. The minimum absolute atomic E-state index is 0.341. The number of methoxy groups -OCH3 is 1. The molecule has 28 heavy (non-hydrogen) atoms. The molecule has 0 atom stereocenters. The molecule has 0 saturated carbocycles. The number of rotatable bonds is 7. The predicted octanol–water partition coefficient (Wildman–Crippen LogP) is 4.96. The Balaban J connectivity index is 1.62. The first-order valence-electron chi connectivity index (χ1n) is 8.53. The van der Waals surface area contributed by atoms with E-state index in [-0.39, 0.29) is 0 Å². The maximum atomic E-state index is 6.11. The van der Waals surface area contributed by atoms with Gasteiger partial charge in [0.2, 0.25) is 0 Å². The van der Waals surface area contributed by atoms with E-state index < -0.39 is 0 Å².